The van der Waals surface area contributed by atoms with Gasteiger partial charge >= 0.3 is 0 Å². The van der Waals surface area contributed by atoms with Crippen molar-refractivity contribution >= 4 is 17.7 Å². The van der Waals surface area contributed by atoms with Crippen LogP contribution in [-0.4, -0.2) is 51.9 Å². The lowest BCUT2D eigenvalue weighted by Crippen LogP contribution is -2.47. The molecule has 7 heteroatoms. The summed E-state index contributed by atoms with van der Waals surface area (Å²) in [4.78, 5) is 23.2. The van der Waals surface area contributed by atoms with Gasteiger partial charge in [-0.05, 0) is 0 Å². The van der Waals surface area contributed by atoms with E-state index in [0.29, 0.717) is 12.4 Å². The van der Waals surface area contributed by atoms with Crippen LogP contribution in [0, 0.1) is 0 Å². The molecular formula is C11H18N6O. The van der Waals surface area contributed by atoms with Crippen LogP contribution in [0.5, 0.6) is 0 Å². The highest BCUT2D eigenvalue weighted by atomic mass is 16.2. The number of amides is 1. The fraction of sp³-hybridized carbons (Fsp3) is 0.545. The molecule has 0 aliphatic carbocycles. The number of hydrogen-bond donors (Lipinski definition) is 2. The van der Waals surface area contributed by atoms with Crippen LogP contribution >= 0.6 is 0 Å². The van der Waals surface area contributed by atoms with Gasteiger partial charge in [-0.3, -0.25) is 9.69 Å². The van der Waals surface area contributed by atoms with Gasteiger partial charge in [0, 0.05) is 51.4 Å². The van der Waals surface area contributed by atoms with Crippen LogP contribution in [0.4, 0.5) is 11.8 Å². The highest BCUT2D eigenvalue weighted by Gasteiger charge is 2.19. The number of nitrogens with two attached hydrogens (primary N) is 2. The molecule has 1 aromatic heterocycles. The first kappa shape index (κ1) is 12.6. The van der Waals surface area contributed by atoms with Gasteiger partial charge in [0.25, 0.3) is 0 Å². The zero-order valence-electron chi connectivity index (χ0n) is 10.5. The number of aromatic nitrogens is 2. The third kappa shape index (κ3) is 2.86. The Balaban J connectivity index is 1.93. The maximum atomic E-state index is 11.2. The monoisotopic (exact) mass is 250 g/mol. The summed E-state index contributed by atoms with van der Waals surface area (Å²) in [7, 11) is 0. The molecule has 18 heavy (non-hydrogen) atoms. The summed E-state index contributed by atoms with van der Waals surface area (Å²) in [5, 5.41) is 0. The molecule has 1 fully saturated rings. The molecule has 2 heterocycles. The zero-order valence-corrected chi connectivity index (χ0v) is 10.5. The van der Waals surface area contributed by atoms with Crippen molar-refractivity contribution in [3.63, 3.8) is 0 Å². The molecule has 4 N–H and O–H groups in total. The van der Waals surface area contributed by atoms with E-state index in [2.05, 4.69) is 14.9 Å². The molecule has 98 valence electrons. The third-order valence-electron chi connectivity index (χ3n) is 3.13. The molecule has 0 spiro atoms. The quantitative estimate of drug-likeness (QED) is 0.720. The van der Waals surface area contributed by atoms with Crippen LogP contribution in [0.1, 0.15) is 12.5 Å². The first-order valence-electron chi connectivity index (χ1n) is 5.91. The van der Waals surface area contributed by atoms with E-state index in [1.807, 2.05) is 4.90 Å². The van der Waals surface area contributed by atoms with Gasteiger partial charge in [0.2, 0.25) is 11.9 Å². The molecule has 1 aliphatic rings. The molecule has 1 saturated heterocycles. The average molecular weight is 250 g/mol. The van der Waals surface area contributed by atoms with Crippen molar-refractivity contribution in [2.75, 3.05) is 37.6 Å². The standard InChI is InChI=1S/C11H18N6O/c1-8(18)17-4-2-16(3-5-17)7-9-6-14-11(13)15-10(9)12/h6H,2-5,7H2,1H3,(H4,12,13,14,15). The number of hydrogen-bond acceptors (Lipinski definition) is 6. The van der Waals surface area contributed by atoms with Crippen LogP contribution in [0.25, 0.3) is 0 Å². The molecule has 1 aliphatic heterocycles. The summed E-state index contributed by atoms with van der Waals surface area (Å²) in [6.07, 6.45) is 1.66. The molecule has 0 bridgehead atoms. The number of rotatable bonds is 2. The largest absolute Gasteiger partial charge is 0.383 e. The second-order valence-corrected chi connectivity index (χ2v) is 4.42. The highest BCUT2D eigenvalue weighted by molar-refractivity contribution is 5.73. The van der Waals surface area contributed by atoms with Gasteiger partial charge in [-0.1, -0.05) is 0 Å². The van der Waals surface area contributed by atoms with Crippen molar-refractivity contribution in [3.8, 4) is 0 Å². The van der Waals surface area contributed by atoms with E-state index in [1.54, 1.807) is 13.1 Å². The number of piperazine rings is 1. The maximum Gasteiger partial charge on any atom is 0.221 e. The van der Waals surface area contributed by atoms with Crippen LogP contribution in [0.15, 0.2) is 6.20 Å². The average Bonchev–Trinajstić information content (AvgIpc) is 2.33. The molecular weight excluding hydrogens is 232 g/mol. The van der Waals surface area contributed by atoms with E-state index in [0.717, 1.165) is 31.7 Å². The van der Waals surface area contributed by atoms with E-state index in [9.17, 15) is 4.79 Å². The van der Waals surface area contributed by atoms with Gasteiger partial charge in [-0.15, -0.1) is 0 Å². The molecule has 0 saturated carbocycles. The van der Waals surface area contributed by atoms with Crippen LogP contribution in [-0.2, 0) is 11.3 Å². The first-order valence-corrected chi connectivity index (χ1v) is 5.91. The molecule has 0 aromatic carbocycles. The molecule has 0 unspecified atom stereocenters. The highest BCUT2D eigenvalue weighted by Crippen LogP contribution is 2.13. The van der Waals surface area contributed by atoms with Crippen molar-refractivity contribution in [1.29, 1.82) is 0 Å². The van der Waals surface area contributed by atoms with E-state index < -0.39 is 0 Å². The first-order chi connectivity index (χ1) is 8.56. The van der Waals surface area contributed by atoms with Crippen LogP contribution in [0.2, 0.25) is 0 Å². The van der Waals surface area contributed by atoms with Crippen LogP contribution < -0.4 is 11.5 Å². The number of nitrogens with zero attached hydrogens (tertiary/aromatic N) is 4. The van der Waals surface area contributed by atoms with Gasteiger partial charge < -0.3 is 16.4 Å². The summed E-state index contributed by atoms with van der Waals surface area (Å²) >= 11 is 0. The molecule has 1 amide bonds. The van der Waals surface area contributed by atoms with Gasteiger partial charge in [0.15, 0.2) is 0 Å². The van der Waals surface area contributed by atoms with Crippen molar-refractivity contribution in [2.45, 2.75) is 13.5 Å². The smallest absolute Gasteiger partial charge is 0.221 e. The predicted molar refractivity (Wildman–Crippen MR) is 68.4 cm³/mol. The normalized spacial score (nSPS) is 16.8. The summed E-state index contributed by atoms with van der Waals surface area (Å²) < 4.78 is 0. The molecule has 0 radical (unpaired) electrons. The second-order valence-electron chi connectivity index (χ2n) is 4.42. The Hall–Kier alpha value is -1.89. The predicted octanol–water partition coefficient (Wildman–Crippen LogP) is -0.695. The minimum absolute atomic E-state index is 0.130. The lowest BCUT2D eigenvalue weighted by atomic mass is 10.2. The lowest BCUT2D eigenvalue weighted by molar-refractivity contribution is -0.130. The van der Waals surface area contributed by atoms with Gasteiger partial charge in [0.05, 0.1) is 0 Å². The Morgan fingerprint density at radius 1 is 1.33 bits per heavy atom. The Kier molecular flexibility index (Phi) is 3.61. The van der Waals surface area contributed by atoms with Gasteiger partial charge in [-0.2, -0.15) is 4.98 Å². The topological polar surface area (TPSA) is 101 Å². The van der Waals surface area contributed by atoms with Crippen molar-refractivity contribution < 1.29 is 4.79 Å². The molecule has 1 aromatic rings. The minimum Gasteiger partial charge on any atom is -0.383 e. The summed E-state index contributed by atoms with van der Waals surface area (Å²) in [6.45, 7) is 5.47. The molecule has 7 nitrogen and oxygen atoms in total. The van der Waals surface area contributed by atoms with Gasteiger partial charge in [-0.25, -0.2) is 4.98 Å². The fourth-order valence-corrected chi connectivity index (χ4v) is 2.02. The number of carbonyl (C=O) groups is 1. The third-order valence-corrected chi connectivity index (χ3v) is 3.13. The maximum absolute atomic E-state index is 11.2. The minimum atomic E-state index is 0.130. The number of carbonyl (C=O) groups excluding carboxylic acids is 1. The Bertz CT molecular complexity index is 441. The zero-order chi connectivity index (χ0) is 13.1. The SMILES string of the molecule is CC(=O)N1CCN(Cc2cnc(N)nc2N)CC1. The van der Waals surface area contributed by atoms with E-state index in [1.165, 1.54) is 0 Å². The lowest BCUT2D eigenvalue weighted by Gasteiger charge is -2.34. The van der Waals surface area contributed by atoms with E-state index >= 15 is 0 Å². The van der Waals surface area contributed by atoms with E-state index in [4.69, 9.17) is 11.5 Å². The summed E-state index contributed by atoms with van der Waals surface area (Å²) in [6, 6.07) is 0. The number of nitrogen functional groups attached to an aromatic ring is 2. The second kappa shape index (κ2) is 5.18. The molecule has 2 rings (SSSR count). The Morgan fingerprint density at radius 2 is 2.00 bits per heavy atom. The van der Waals surface area contributed by atoms with Crippen molar-refractivity contribution in [2.24, 2.45) is 0 Å². The summed E-state index contributed by atoms with van der Waals surface area (Å²) in [5.74, 6) is 0.749. The fourth-order valence-electron chi connectivity index (χ4n) is 2.02. The Morgan fingerprint density at radius 3 is 2.56 bits per heavy atom. The molecule has 0 atom stereocenters. The van der Waals surface area contributed by atoms with Crippen LogP contribution in [0.3, 0.4) is 0 Å². The van der Waals surface area contributed by atoms with Gasteiger partial charge in [0.1, 0.15) is 5.82 Å². The number of anilines is 2. The van der Waals surface area contributed by atoms with Crippen molar-refractivity contribution in [3.05, 3.63) is 11.8 Å². The van der Waals surface area contributed by atoms with Crippen molar-refractivity contribution in [1.82, 2.24) is 19.8 Å². The Labute approximate surface area is 106 Å². The van der Waals surface area contributed by atoms with E-state index in [-0.39, 0.29) is 11.9 Å². The summed E-state index contributed by atoms with van der Waals surface area (Å²) in [5.41, 5.74) is 12.1.